The molecule has 1 aromatic rings. The number of hydrogen-bond donors (Lipinski definition) is 2. The van der Waals surface area contributed by atoms with Gasteiger partial charge in [0.2, 0.25) is 0 Å². The average molecular weight is 223 g/mol. The molecule has 1 aliphatic rings. The summed E-state index contributed by atoms with van der Waals surface area (Å²) in [5, 5.41) is 11.5. The quantitative estimate of drug-likeness (QED) is 0.801. The molecule has 2 N–H and O–H groups in total. The summed E-state index contributed by atoms with van der Waals surface area (Å²) in [5.41, 5.74) is 1.05. The predicted molar refractivity (Wildman–Crippen MR) is 55.3 cm³/mol. The molecule has 5 heteroatoms. The zero-order chi connectivity index (χ0) is 11.7. The van der Waals surface area contributed by atoms with Gasteiger partial charge in [-0.25, -0.2) is 0 Å². The maximum absolute atomic E-state index is 11.8. The van der Waals surface area contributed by atoms with Crippen molar-refractivity contribution in [3.8, 4) is 0 Å². The summed E-state index contributed by atoms with van der Waals surface area (Å²) >= 11 is 0. The first kappa shape index (κ1) is 10.7. The Morgan fingerprint density at radius 3 is 2.81 bits per heavy atom. The molecule has 1 fully saturated rings. The van der Waals surface area contributed by atoms with Crippen LogP contribution >= 0.6 is 0 Å². The fraction of sp³-hybridized carbons (Fsp3) is 0.455. The van der Waals surface area contributed by atoms with Crippen molar-refractivity contribution >= 4 is 11.9 Å². The molecule has 2 rings (SSSR count). The van der Waals surface area contributed by atoms with Crippen molar-refractivity contribution in [3.63, 3.8) is 0 Å². The number of nitrogens with one attached hydrogen (secondary N) is 1. The van der Waals surface area contributed by atoms with Crippen LogP contribution in [0, 0.1) is 6.92 Å². The molecule has 0 radical (unpaired) electrons. The highest BCUT2D eigenvalue weighted by atomic mass is 16.4. The molecule has 0 spiro atoms. The Morgan fingerprint density at radius 2 is 2.25 bits per heavy atom. The van der Waals surface area contributed by atoms with E-state index in [1.54, 1.807) is 6.92 Å². The molecule has 5 nitrogen and oxygen atoms in total. The van der Waals surface area contributed by atoms with Crippen LogP contribution < -0.4 is 5.32 Å². The summed E-state index contributed by atoms with van der Waals surface area (Å²) < 4.78 is 5.09. The molecule has 16 heavy (non-hydrogen) atoms. The number of carboxylic acid groups (broad SMARTS) is 1. The van der Waals surface area contributed by atoms with Gasteiger partial charge in [0, 0.05) is 11.6 Å². The normalized spacial score (nSPS) is 14.8. The standard InChI is InChI=1S/C11H13NO4/c1-6-5-16-8(4-9(13)14)10(6)11(15)12-7-2-3-7/h5,7H,2-4H2,1H3,(H,12,15)(H,13,14). The molecule has 0 atom stereocenters. The number of furan rings is 1. The Morgan fingerprint density at radius 1 is 1.56 bits per heavy atom. The van der Waals surface area contributed by atoms with Crippen LogP contribution in [0.4, 0.5) is 0 Å². The molecule has 0 unspecified atom stereocenters. The second-order valence-electron chi connectivity index (χ2n) is 4.04. The van der Waals surface area contributed by atoms with Crippen molar-refractivity contribution in [1.29, 1.82) is 0 Å². The molecule has 0 aliphatic heterocycles. The summed E-state index contributed by atoms with van der Waals surface area (Å²) in [6.45, 7) is 1.73. The van der Waals surface area contributed by atoms with E-state index in [0.29, 0.717) is 11.1 Å². The van der Waals surface area contributed by atoms with E-state index in [1.165, 1.54) is 6.26 Å². The third kappa shape index (κ3) is 2.24. The van der Waals surface area contributed by atoms with Crippen molar-refractivity contribution in [2.45, 2.75) is 32.2 Å². The lowest BCUT2D eigenvalue weighted by Crippen LogP contribution is -2.26. The van der Waals surface area contributed by atoms with Crippen LogP contribution in [0.5, 0.6) is 0 Å². The third-order valence-corrected chi connectivity index (χ3v) is 2.50. The van der Waals surface area contributed by atoms with E-state index in [9.17, 15) is 9.59 Å². The molecule has 86 valence electrons. The first-order valence-electron chi connectivity index (χ1n) is 5.17. The lowest BCUT2D eigenvalue weighted by atomic mass is 10.1. The Hall–Kier alpha value is -1.78. The van der Waals surface area contributed by atoms with Gasteiger partial charge in [0.1, 0.15) is 12.2 Å². The van der Waals surface area contributed by atoms with Crippen LogP contribution in [0.2, 0.25) is 0 Å². The minimum absolute atomic E-state index is 0.225. The van der Waals surface area contributed by atoms with Gasteiger partial charge in [-0.15, -0.1) is 0 Å². The molecule has 0 aromatic carbocycles. The fourth-order valence-corrected chi connectivity index (χ4v) is 1.56. The lowest BCUT2D eigenvalue weighted by molar-refractivity contribution is -0.136. The molecular weight excluding hydrogens is 210 g/mol. The third-order valence-electron chi connectivity index (χ3n) is 2.50. The number of hydrogen-bond acceptors (Lipinski definition) is 3. The SMILES string of the molecule is Cc1coc(CC(=O)O)c1C(=O)NC1CC1. The van der Waals surface area contributed by atoms with E-state index >= 15 is 0 Å². The van der Waals surface area contributed by atoms with Gasteiger partial charge < -0.3 is 14.8 Å². The van der Waals surface area contributed by atoms with Crippen molar-refractivity contribution in [1.82, 2.24) is 5.32 Å². The molecule has 0 saturated heterocycles. The number of rotatable bonds is 4. The largest absolute Gasteiger partial charge is 0.481 e. The number of aliphatic carboxylic acids is 1. The van der Waals surface area contributed by atoms with Crippen LogP contribution in [0.1, 0.15) is 34.5 Å². The molecule has 0 bridgehead atoms. The number of aryl methyl sites for hydroxylation is 1. The summed E-state index contributed by atoms with van der Waals surface area (Å²) in [6, 6.07) is 0.250. The van der Waals surface area contributed by atoms with Gasteiger partial charge in [0.25, 0.3) is 5.91 Å². The molecule has 1 aliphatic carbocycles. The highest BCUT2D eigenvalue weighted by molar-refractivity contribution is 5.97. The average Bonchev–Trinajstić information content (AvgIpc) is 2.91. The zero-order valence-corrected chi connectivity index (χ0v) is 8.95. The summed E-state index contributed by atoms with van der Waals surface area (Å²) in [5.74, 6) is -1.01. The number of carboxylic acids is 1. The van der Waals surface area contributed by atoms with Gasteiger partial charge in [0.05, 0.1) is 11.8 Å². The van der Waals surface area contributed by atoms with Gasteiger partial charge in [-0.05, 0) is 19.8 Å². The van der Waals surface area contributed by atoms with Crippen LogP contribution in [0.15, 0.2) is 10.7 Å². The van der Waals surface area contributed by atoms with Crippen LogP contribution in [0.25, 0.3) is 0 Å². The van der Waals surface area contributed by atoms with Crippen LogP contribution in [0.3, 0.4) is 0 Å². The summed E-state index contributed by atoms with van der Waals surface area (Å²) in [7, 11) is 0. The van der Waals surface area contributed by atoms with Crippen molar-refractivity contribution < 1.29 is 19.1 Å². The van der Waals surface area contributed by atoms with E-state index in [4.69, 9.17) is 9.52 Å². The van der Waals surface area contributed by atoms with Crippen molar-refractivity contribution in [2.24, 2.45) is 0 Å². The van der Waals surface area contributed by atoms with Crippen molar-refractivity contribution in [2.75, 3.05) is 0 Å². The minimum Gasteiger partial charge on any atom is -0.481 e. The second-order valence-corrected chi connectivity index (χ2v) is 4.04. The van der Waals surface area contributed by atoms with E-state index < -0.39 is 5.97 Å². The maximum Gasteiger partial charge on any atom is 0.311 e. The Kier molecular flexibility index (Phi) is 2.68. The maximum atomic E-state index is 11.8. The van der Waals surface area contributed by atoms with Gasteiger partial charge in [0.15, 0.2) is 0 Å². The molecular formula is C11H13NO4. The topological polar surface area (TPSA) is 79.5 Å². The summed E-state index contributed by atoms with van der Waals surface area (Å²) in [4.78, 5) is 22.4. The smallest absolute Gasteiger partial charge is 0.311 e. The number of carbonyl (C=O) groups is 2. The predicted octanol–water partition coefficient (Wildman–Crippen LogP) is 1.11. The zero-order valence-electron chi connectivity index (χ0n) is 8.95. The fourth-order valence-electron chi connectivity index (χ4n) is 1.56. The molecule has 1 saturated carbocycles. The Balaban J connectivity index is 2.19. The lowest BCUT2D eigenvalue weighted by Gasteiger charge is -2.03. The van der Waals surface area contributed by atoms with Crippen LogP contribution in [-0.2, 0) is 11.2 Å². The number of carbonyl (C=O) groups excluding carboxylic acids is 1. The van der Waals surface area contributed by atoms with E-state index in [2.05, 4.69) is 5.32 Å². The van der Waals surface area contributed by atoms with Gasteiger partial charge >= 0.3 is 5.97 Å². The Labute approximate surface area is 92.4 Å². The van der Waals surface area contributed by atoms with Crippen LogP contribution in [-0.4, -0.2) is 23.0 Å². The highest BCUT2D eigenvalue weighted by Gasteiger charge is 2.27. The van der Waals surface area contributed by atoms with E-state index in [0.717, 1.165) is 12.8 Å². The highest BCUT2D eigenvalue weighted by Crippen LogP contribution is 2.22. The second kappa shape index (κ2) is 4.00. The monoisotopic (exact) mass is 223 g/mol. The summed E-state index contributed by atoms with van der Waals surface area (Å²) in [6.07, 6.45) is 3.15. The van der Waals surface area contributed by atoms with E-state index in [1.807, 2.05) is 0 Å². The molecule has 1 amide bonds. The van der Waals surface area contributed by atoms with Gasteiger partial charge in [-0.3, -0.25) is 9.59 Å². The molecule has 1 aromatic heterocycles. The van der Waals surface area contributed by atoms with Crippen molar-refractivity contribution in [3.05, 3.63) is 23.2 Å². The van der Waals surface area contributed by atoms with Gasteiger partial charge in [-0.2, -0.15) is 0 Å². The first-order valence-corrected chi connectivity index (χ1v) is 5.17. The Bertz CT molecular complexity index is 431. The van der Waals surface area contributed by atoms with Gasteiger partial charge in [-0.1, -0.05) is 0 Å². The molecule has 1 heterocycles. The minimum atomic E-state index is -1.00. The van der Waals surface area contributed by atoms with E-state index in [-0.39, 0.29) is 24.1 Å². The first-order chi connectivity index (χ1) is 7.58. The number of amides is 1.